The normalized spacial score (nSPS) is 27.8. The van der Waals surface area contributed by atoms with Crippen LogP contribution >= 0.6 is 0 Å². The summed E-state index contributed by atoms with van der Waals surface area (Å²) < 4.78 is 5.52. The van der Waals surface area contributed by atoms with Gasteiger partial charge in [0.25, 0.3) is 5.91 Å². The molecule has 0 radical (unpaired) electrons. The molecule has 9 nitrogen and oxygen atoms in total. The minimum atomic E-state index is -0.457. The maximum atomic E-state index is 12.9. The van der Waals surface area contributed by atoms with Crippen molar-refractivity contribution in [2.75, 3.05) is 40.4 Å². The molecule has 28 heavy (non-hydrogen) atoms. The molecule has 2 fully saturated rings. The van der Waals surface area contributed by atoms with Gasteiger partial charge in [-0.1, -0.05) is 30.3 Å². The number of nitrogens with zero attached hydrogens (tertiary/aromatic N) is 5. The van der Waals surface area contributed by atoms with Gasteiger partial charge in [0, 0.05) is 27.2 Å². The smallest absolute Gasteiger partial charge is 0.327 e. The zero-order valence-electron chi connectivity index (χ0n) is 16.4. The number of amides is 3. The molecule has 9 heteroatoms. The number of likely N-dealkylation sites (N-methyl/N-ethyl adjacent to an activating group) is 2. The Hall–Kier alpha value is -2.49. The zero-order chi connectivity index (χ0) is 19.8. The van der Waals surface area contributed by atoms with Crippen LogP contribution in [-0.2, 0) is 9.53 Å². The van der Waals surface area contributed by atoms with Crippen LogP contribution in [0.1, 0.15) is 12.5 Å². The van der Waals surface area contributed by atoms with Gasteiger partial charge in [-0.05, 0) is 12.5 Å². The maximum Gasteiger partial charge on any atom is 0.327 e. The van der Waals surface area contributed by atoms with Crippen molar-refractivity contribution < 1.29 is 14.3 Å². The molecule has 150 valence electrons. The second-order valence-corrected chi connectivity index (χ2v) is 7.17. The van der Waals surface area contributed by atoms with Crippen LogP contribution in [0.3, 0.4) is 0 Å². The molecule has 4 rings (SSSR count). The van der Waals surface area contributed by atoms with E-state index < -0.39 is 6.04 Å². The Balaban J connectivity index is 1.67. The third-order valence-corrected chi connectivity index (χ3v) is 5.52. The Kier molecular flexibility index (Phi) is 5.05. The second-order valence-electron chi connectivity index (χ2n) is 7.17. The lowest BCUT2D eigenvalue weighted by atomic mass is 10.1. The van der Waals surface area contributed by atoms with Crippen molar-refractivity contribution in [3.8, 4) is 0 Å². The second kappa shape index (κ2) is 7.50. The van der Waals surface area contributed by atoms with Gasteiger partial charge in [-0.2, -0.15) is 5.10 Å². The third-order valence-electron chi connectivity index (χ3n) is 5.52. The summed E-state index contributed by atoms with van der Waals surface area (Å²) in [5.41, 5.74) is 1.91. The first-order valence-electron chi connectivity index (χ1n) is 9.56. The molecule has 1 N–H and O–H groups in total. The standard InChI is InChI=1S/C19H26N6O3/c1-4-28-11-10-25-18-20-16-15(17(26)23(3)19(27)22(16)2)24(18)12-14(21-25)13-8-6-5-7-9-13/h5-9,15-16,18,20H,4,10-12H2,1-3H3. The SMILES string of the molecule is CCOCCN1N=C(c2ccccc2)CN2C3C(=O)N(C)C(=O)N(C)C3NC12. The first-order valence-corrected chi connectivity index (χ1v) is 9.56. The predicted molar refractivity (Wildman–Crippen MR) is 103 cm³/mol. The monoisotopic (exact) mass is 386 g/mol. The van der Waals surface area contributed by atoms with E-state index in [1.165, 1.54) is 11.9 Å². The molecule has 3 heterocycles. The molecule has 2 saturated heterocycles. The van der Waals surface area contributed by atoms with E-state index in [1.54, 1.807) is 11.9 Å². The van der Waals surface area contributed by atoms with Crippen LogP contribution < -0.4 is 5.32 Å². The number of benzene rings is 1. The fraction of sp³-hybridized carbons (Fsp3) is 0.526. The van der Waals surface area contributed by atoms with E-state index in [9.17, 15) is 9.59 Å². The summed E-state index contributed by atoms with van der Waals surface area (Å²) >= 11 is 0. The average Bonchev–Trinajstić information content (AvgIpc) is 3.11. The molecule has 1 aromatic rings. The van der Waals surface area contributed by atoms with Crippen LogP contribution in [0.4, 0.5) is 4.79 Å². The van der Waals surface area contributed by atoms with Crippen molar-refractivity contribution in [2.45, 2.75) is 25.4 Å². The number of urea groups is 1. The molecule has 0 aliphatic carbocycles. The number of hydrogen-bond donors (Lipinski definition) is 1. The number of fused-ring (bicyclic) bond motifs is 3. The Labute approximate surface area is 164 Å². The Morgan fingerprint density at radius 1 is 1.21 bits per heavy atom. The van der Waals surface area contributed by atoms with Gasteiger partial charge in [-0.25, -0.2) is 9.69 Å². The summed E-state index contributed by atoms with van der Waals surface area (Å²) in [5, 5.41) is 10.2. The summed E-state index contributed by atoms with van der Waals surface area (Å²) in [7, 11) is 3.26. The highest BCUT2D eigenvalue weighted by Gasteiger charge is 2.55. The van der Waals surface area contributed by atoms with E-state index in [1.807, 2.05) is 42.3 Å². The lowest BCUT2D eigenvalue weighted by molar-refractivity contribution is -0.137. The number of hydrogen-bond acceptors (Lipinski definition) is 7. The van der Waals surface area contributed by atoms with Gasteiger partial charge in [-0.3, -0.25) is 20.0 Å². The summed E-state index contributed by atoms with van der Waals surface area (Å²) in [4.78, 5) is 30.2. The number of carbonyl (C=O) groups excluding carboxylic acids is 2. The van der Waals surface area contributed by atoms with Crippen LogP contribution in [0.2, 0.25) is 0 Å². The highest BCUT2D eigenvalue weighted by Crippen LogP contribution is 2.30. The van der Waals surface area contributed by atoms with Gasteiger partial charge in [0.05, 0.1) is 18.9 Å². The Morgan fingerprint density at radius 3 is 2.68 bits per heavy atom. The molecule has 1 aromatic carbocycles. The van der Waals surface area contributed by atoms with E-state index in [4.69, 9.17) is 9.84 Å². The summed E-state index contributed by atoms with van der Waals surface area (Å²) in [5.74, 6) is -0.192. The Morgan fingerprint density at radius 2 is 1.96 bits per heavy atom. The van der Waals surface area contributed by atoms with E-state index >= 15 is 0 Å². The molecule has 0 spiro atoms. The highest BCUT2D eigenvalue weighted by atomic mass is 16.5. The lowest BCUT2D eigenvalue weighted by Crippen LogP contribution is -2.65. The van der Waals surface area contributed by atoms with Crippen molar-refractivity contribution in [2.24, 2.45) is 5.10 Å². The topological polar surface area (TPSA) is 80.7 Å². The number of nitrogens with one attached hydrogen (secondary N) is 1. The third kappa shape index (κ3) is 3.05. The van der Waals surface area contributed by atoms with E-state index in [0.717, 1.165) is 11.3 Å². The molecule has 3 aliphatic rings. The van der Waals surface area contributed by atoms with E-state index in [-0.39, 0.29) is 24.4 Å². The van der Waals surface area contributed by atoms with Gasteiger partial charge < -0.3 is 9.64 Å². The lowest BCUT2D eigenvalue weighted by Gasteiger charge is -2.41. The number of hydrazone groups is 1. The first-order chi connectivity index (χ1) is 13.5. The number of carbonyl (C=O) groups is 2. The molecule has 3 unspecified atom stereocenters. The molecular weight excluding hydrogens is 360 g/mol. The number of rotatable bonds is 5. The van der Waals surface area contributed by atoms with Gasteiger partial charge in [-0.15, -0.1) is 0 Å². The van der Waals surface area contributed by atoms with Crippen LogP contribution in [-0.4, -0.2) is 96.3 Å². The Bertz CT molecular complexity index is 785. The van der Waals surface area contributed by atoms with Gasteiger partial charge >= 0.3 is 6.03 Å². The van der Waals surface area contributed by atoms with E-state index in [0.29, 0.717) is 26.3 Å². The average molecular weight is 386 g/mol. The molecule has 0 saturated carbocycles. The first kappa shape index (κ1) is 18.9. The van der Waals surface area contributed by atoms with Crippen molar-refractivity contribution in [3.05, 3.63) is 35.9 Å². The maximum absolute atomic E-state index is 12.9. The minimum absolute atomic E-state index is 0.192. The van der Waals surface area contributed by atoms with Crippen LogP contribution in [0.15, 0.2) is 35.4 Å². The van der Waals surface area contributed by atoms with Crippen molar-refractivity contribution >= 4 is 17.6 Å². The summed E-state index contributed by atoms with van der Waals surface area (Å²) in [6, 6.07) is 9.20. The van der Waals surface area contributed by atoms with Crippen LogP contribution in [0.25, 0.3) is 0 Å². The number of imide groups is 1. The predicted octanol–water partition coefficient (Wildman–Crippen LogP) is 0.150. The van der Waals surface area contributed by atoms with Gasteiger partial charge in [0.15, 0.2) is 6.29 Å². The molecular formula is C19H26N6O3. The van der Waals surface area contributed by atoms with Crippen molar-refractivity contribution in [1.29, 1.82) is 0 Å². The molecule has 3 atom stereocenters. The molecule has 3 aliphatic heterocycles. The fourth-order valence-corrected chi connectivity index (χ4v) is 4.03. The quantitative estimate of drug-likeness (QED) is 0.726. The van der Waals surface area contributed by atoms with Crippen LogP contribution in [0.5, 0.6) is 0 Å². The van der Waals surface area contributed by atoms with Gasteiger partial charge in [0.1, 0.15) is 12.2 Å². The van der Waals surface area contributed by atoms with E-state index in [2.05, 4.69) is 10.2 Å². The molecule has 0 bridgehead atoms. The summed E-state index contributed by atoms with van der Waals surface area (Å²) in [6.45, 7) is 4.23. The van der Waals surface area contributed by atoms with Crippen molar-refractivity contribution in [1.82, 2.24) is 25.0 Å². The summed E-state index contributed by atoms with van der Waals surface area (Å²) in [6.07, 6.45) is -0.658. The zero-order valence-corrected chi connectivity index (χ0v) is 16.4. The molecule has 0 aromatic heterocycles. The van der Waals surface area contributed by atoms with Gasteiger partial charge in [0.2, 0.25) is 0 Å². The highest BCUT2D eigenvalue weighted by molar-refractivity contribution is 6.04. The van der Waals surface area contributed by atoms with Crippen molar-refractivity contribution in [3.63, 3.8) is 0 Å². The largest absolute Gasteiger partial charge is 0.380 e. The van der Waals surface area contributed by atoms with Crippen LogP contribution in [0, 0.1) is 0 Å². The minimum Gasteiger partial charge on any atom is -0.380 e. The molecule has 3 amide bonds. The fourth-order valence-electron chi connectivity index (χ4n) is 4.03. The number of ether oxygens (including phenoxy) is 1.